The number of urea groups is 1. The number of hydrogen-bond acceptors (Lipinski definition) is 12. The van der Waals surface area contributed by atoms with E-state index in [0.29, 0.717) is 12.1 Å². The zero-order valence-electron chi connectivity index (χ0n) is 30.8. The number of hydrogen-bond donors (Lipinski definition) is 7. The zero-order valence-corrected chi connectivity index (χ0v) is 30.8. The van der Waals surface area contributed by atoms with Gasteiger partial charge in [0, 0.05) is 25.4 Å². The van der Waals surface area contributed by atoms with Gasteiger partial charge in [0.05, 0.1) is 37.4 Å². The molecular weight excluding hydrogens is 668 g/mol. The molecule has 8 N–H and O–H groups in total. The molecule has 1 aromatic carbocycles. The molecule has 1 aliphatic rings. The SMILES string of the molecule is CCCNC(N)=O.COC(=O)CNC(=O)C1CC(O)CC(Oc2cc(COC(=O)C(C)C)ccc2NC(=O)CNC(=O)C(NC(C)C)C(C)C)O1. The Balaban J connectivity index is 0.00000167. The maximum absolute atomic E-state index is 12.9. The number of amides is 5. The molecule has 0 bridgehead atoms. The number of primary amides is 1. The van der Waals surface area contributed by atoms with Gasteiger partial charge in [-0.05, 0) is 30.0 Å². The van der Waals surface area contributed by atoms with Crippen molar-refractivity contribution < 1.29 is 52.8 Å². The van der Waals surface area contributed by atoms with E-state index < -0.39 is 54.3 Å². The van der Waals surface area contributed by atoms with Crippen molar-refractivity contribution in [2.75, 3.05) is 32.1 Å². The third kappa shape index (κ3) is 17.8. The van der Waals surface area contributed by atoms with Crippen molar-refractivity contribution in [3.63, 3.8) is 0 Å². The van der Waals surface area contributed by atoms with Crippen molar-refractivity contribution in [2.45, 2.75) is 105 Å². The topological polar surface area (TPSA) is 246 Å². The normalized spacial score (nSPS) is 17.4. The highest BCUT2D eigenvalue weighted by atomic mass is 16.7. The number of benzene rings is 1. The third-order valence-electron chi connectivity index (χ3n) is 7.06. The van der Waals surface area contributed by atoms with Crippen LogP contribution in [0.4, 0.5) is 10.5 Å². The molecular formula is C34H56N6O11. The van der Waals surface area contributed by atoms with Crippen molar-refractivity contribution in [3.8, 4) is 5.75 Å². The minimum absolute atomic E-state index is 0.00461. The molecule has 51 heavy (non-hydrogen) atoms. The summed E-state index contributed by atoms with van der Waals surface area (Å²) in [5.41, 5.74) is 5.49. The fourth-order valence-electron chi connectivity index (χ4n) is 4.42. The smallest absolute Gasteiger partial charge is 0.325 e. The average molecular weight is 725 g/mol. The molecule has 0 radical (unpaired) electrons. The van der Waals surface area contributed by atoms with Crippen LogP contribution in [-0.4, -0.2) is 98.1 Å². The molecule has 1 saturated heterocycles. The summed E-state index contributed by atoms with van der Waals surface area (Å²) in [6, 6.07) is 3.86. The number of aliphatic hydroxyl groups is 1. The minimum atomic E-state index is -1.12. The highest BCUT2D eigenvalue weighted by Crippen LogP contribution is 2.31. The van der Waals surface area contributed by atoms with Crippen LogP contribution in [0.3, 0.4) is 0 Å². The lowest BCUT2D eigenvalue weighted by molar-refractivity contribution is -0.184. The summed E-state index contributed by atoms with van der Waals surface area (Å²) in [5.74, 6) is -2.73. The van der Waals surface area contributed by atoms with Gasteiger partial charge < -0.3 is 56.4 Å². The molecule has 4 atom stereocenters. The average Bonchev–Trinajstić information content (AvgIpc) is 3.06. The molecule has 0 aromatic heterocycles. The predicted molar refractivity (Wildman–Crippen MR) is 187 cm³/mol. The quantitative estimate of drug-likeness (QED) is 0.112. The van der Waals surface area contributed by atoms with E-state index in [1.54, 1.807) is 32.0 Å². The maximum atomic E-state index is 12.9. The van der Waals surface area contributed by atoms with Crippen LogP contribution in [0.5, 0.6) is 5.75 Å². The molecule has 4 unspecified atom stereocenters. The van der Waals surface area contributed by atoms with Crippen LogP contribution in [0.15, 0.2) is 18.2 Å². The molecule has 1 aromatic rings. The van der Waals surface area contributed by atoms with E-state index in [1.807, 2.05) is 34.6 Å². The maximum Gasteiger partial charge on any atom is 0.325 e. The van der Waals surface area contributed by atoms with E-state index in [1.165, 1.54) is 7.11 Å². The van der Waals surface area contributed by atoms with Gasteiger partial charge in [-0.25, -0.2) is 4.79 Å². The second-order valence-electron chi connectivity index (χ2n) is 12.8. The van der Waals surface area contributed by atoms with Gasteiger partial charge in [-0.2, -0.15) is 0 Å². The first kappa shape index (κ1) is 44.5. The van der Waals surface area contributed by atoms with Crippen molar-refractivity contribution >= 4 is 41.4 Å². The molecule has 1 heterocycles. The number of methoxy groups -OCH3 is 1. The van der Waals surface area contributed by atoms with Crippen molar-refractivity contribution in [1.82, 2.24) is 21.3 Å². The van der Waals surface area contributed by atoms with Crippen LogP contribution in [0.25, 0.3) is 0 Å². The summed E-state index contributed by atoms with van der Waals surface area (Å²) < 4.78 is 21.6. The number of ether oxygens (including phenoxy) is 4. The summed E-state index contributed by atoms with van der Waals surface area (Å²) in [5, 5.41) is 23.8. The Bertz CT molecular complexity index is 1310. The summed E-state index contributed by atoms with van der Waals surface area (Å²) in [6.07, 6.45) is -2.27. The van der Waals surface area contributed by atoms with Gasteiger partial charge >= 0.3 is 18.0 Å². The number of nitrogens with one attached hydrogen (secondary N) is 5. The molecule has 5 amide bonds. The number of rotatable bonds is 17. The molecule has 0 saturated carbocycles. The Morgan fingerprint density at radius 1 is 0.980 bits per heavy atom. The van der Waals surface area contributed by atoms with E-state index in [0.717, 1.165) is 6.42 Å². The van der Waals surface area contributed by atoms with Gasteiger partial charge in [0.15, 0.2) is 0 Å². The first-order valence-electron chi connectivity index (χ1n) is 17.0. The second kappa shape index (κ2) is 23.1. The molecule has 1 fully saturated rings. The highest BCUT2D eigenvalue weighted by molar-refractivity contribution is 5.96. The number of aliphatic hydroxyl groups excluding tert-OH is 1. The lowest BCUT2D eigenvalue weighted by Gasteiger charge is -2.32. The van der Waals surface area contributed by atoms with E-state index in [2.05, 4.69) is 31.3 Å². The van der Waals surface area contributed by atoms with Crippen molar-refractivity contribution in [2.24, 2.45) is 17.6 Å². The van der Waals surface area contributed by atoms with Crippen LogP contribution in [0.1, 0.15) is 73.3 Å². The lowest BCUT2D eigenvalue weighted by atomic mass is 10.0. The van der Waals surface area contributed by atoms with E-state index in [9.17, 15) is 33.9 Å². The molecule has 288 valence electrons. The van der Waals surface area contributed by atoms with Crippen molar-refractivity contribution in [1.29, 1.82) is 0 Å². The van der Waals surface area contributed by atoms with Gasteiger partial charge in [0.2, 0.25) is 24.0 Å². The fourth-order valence-corrected chi connectivity index (χ4v) is 4.42. The zero-order chi connectivity index (χ0) is 38.7. The van der Waals surface area contributed by atoms with E-state index >= 15 is 0 Å². The van der Waals surface area contributed by atoms with Crippen LogP contribution in [0, 0.1) is 11.8 Å². The molecule has 0 aliphatic carbocycles. The van der Waals surface area contributed by atoms with Crippen LogP contribution in [0.2, 0.25) is 0 Å². The Kier molecular flexibility index (Phi) is 20.2. The summed E-state index contributed by atoms with van der Waals surface area (Å²) in [4.78, 5) is 71.4. The molecule has 0 spiro atoms. The minimum Gasteiger partial charge on any atom is -0.468 e. The number of carbonyl (C=O) groups excluding carboxylic acids is 6. The standard InChI is InChI=1S/C30H46N4O10.C4H10N2O/c1-16(2)27(33-18(5)6)29(39)31-13-24(36)34-21-9-8-19(15-42-30(40)17(3)4)10-22(21)43-26-12-20(35)11-23(44-26)28(38)32-14-25(37)41-7;1-2-3-6-4(5)7/h8-10,16-18,20,23,26-27,33,35H,11-15H2,1-7H3,(H,31,39)(H,32,38)(H,34,36);2-3H2,1H3,(H3,5,6,7). The number of carbonyl (C=O) groups is 6. The molecule has 17 heteroatoms. The summed E-state index contributed by atoms with van der Waals surface area (Å²) in [6.45, 7) is 13.0. The van der Waals surface area contributed by atoms with Gasteiger partial charge in [0.25, 0.3) is 0 Å². The molecule has 2 rings (SSSR count). The Hall–Kier alpha value is -4.48. The first-order valence-corrected chi connectivity index (χ1v) is 17.0. The highest BCUT2D eigenvalue weighted by Gasteiger charge is 2.35. The Morgan fingerprint density at radius 3 is 2.22 bits per heavy atom. The number of esters is 2. The van der Waals surface area contributed by atoms with Crippen molar-refractivity contribution in [3.05, 3.63) is 23.8 Å². The largest absolute Gasteiger partial charge is 0.468 e. The first-order chi connectivity index (χ1) is 24.0. The van der Waals surface area contributed by atoms with Gasteiger partial charge in [-0.15, -0.1) is 0 Å². The second-order valence-corrected chi connectivity index (χ2v) is 12.8. The number of anilines is 1. The van der Waals surface area contributed by atoms with Gasteiger partial charge in [-0.1, -0.05) is 54.5 Å². The lowest BCUT2D eigenvalue weighted by Crippen LogP contribution is -2.51. The van der Waals surface area contributed by atoms with Crippen LogP contribution >= 0.6 is 0 Å². The Labute approximate surface area is 299 Å². The predicted octanol–water partition coefficient (Wildman–Crippen LogP) is 1.06. The number of nitrogens with two attached hydrogens (primary N) is 1. The van der Waals surface area contributed by atoms with E-state index in [4.69, 9.17) is 19.9 Å². The van der Waals surface area contributed by atoms with Gasteiger partial charge in [-0.3, -0.25) is 24.0 Å². The summed E-state index contributed by atoms with van der Waals surface area (Å²) >= 11 is 0. The van der Waals surface area contributed by atoms with Crippen LogP contribution < -0.4 is 37.1 Å². The Morgan fingerprint density at radius 2 is 1.67 bits per heavy atom. The molecule has 1 aliphatic heterocycles. The van der Waals surface area contributed by atoms with Gasteiger partial charge in [0.1, 0.15) is 25.0 Å². The van der Waals surface area contributed by atoms with E-state index in [-0.39, 0.29) is 67.8 Å². The molecule has 17 nitrogen and oxygen atoms in total. The summed E-state index contributed by atoms with van der Waals surface area (Å²) in [7, 11) is 1.19. The monoisotopic (exact) mass is 724 g/mol. The third-order valence-corrected chi connectivity index (χ3v) is 7.06. The van der Waals surface area contributed by atoms with Crippen LogP contribution in [-0.2, 0) is 44.8 Å². The fraction of sp³-hybridized carbons (Fsp3) is 0.647.